The number of methoxy groups -OCH3 is 1. The van der Waals surface area contributed by atoms with Crippen molar-refractivity contribution in [2.24, 2.45) is 5.10 Å². The van der Waals surface area contributed by atoms with E-state index in [0.29, 0.717) is 47.4 Å². The topological polar surface area (TPSA) is 136 Å². The van der Waals surface area contributed by atoms with Crippen LogP contribution in [0.2, 0.25) is 0 Å². The Balaban J connectivity index is 1.56. The normalized spacial score (nSPS) is 12.8. The molecule has 0 spiro atoms. The highest BCUT2D eigenvalue weighted by Gasteiger charge is 2.27. The lowest BCUT2D eigenvalue weighted by molar-refractivity contribution is -0.119. The fourth-order valence-electron chi connectivity index (χ4n) is 3.75. The van der Waals surface area contributed by atoms with Crippen molar-refractivity contribution in [3.63, 3.8) is 0 Å². The van der Waals surface area contributed by atoms with Crippen LogP contribution in [0.5, 0.6) is 17.2 Å². The number of fused-ring (bicyclic) bond motifs is 1. The maximum absolute atomic E-state index is 13.6. The number of carbonyl (C=O) groups is 2. The van der Waals surface area contributed by atoms with Crippen molar-refractivity contribution in [2.75, 3.05) is 36.5 Å². The van der Waals surface area contributed by atoms with Crippen LogP contribution in [0.15, 0.2) is 76.7 Å². The molecular weight excluding hydrogens is 524 g/mol. The molecule has 3 aromatic rings. The maximum atomic E-state index is 13.6. The zero-order chi connectivity index (χ0) is 28.0. The van der Waals surface area contributed by atoms with E-state index in [-0.39, 0.29) is 16.5 Å². The van der Waals surface area contributed by atoms with E-state index in [1.807, 2.05) is 0 Å². The predicted octanol–water partition coefficient (Wildman–Crippen LogP) is 3.16. The van der Waals surface area contributed by atoms with Crippen molar-refractivity contribution in [2.45, 2.75) is 18.7 Å². The predicted molar refractivity (Wildman–Crippen MR) is 146 cm³/mol. The molecule has 0 saturated carbocycles. The summed E-state index contributed by atoms with van der Waals surface area (Å²) in [5.41, 5.74) is 4.33. The van der Waals surface area contributed by atoms with Gasteiger partial charge in [-0.05, 0) is 73.7 Å². The molecule has 1 aliphatic heterocycles. The number of hydrogen-bond acceptors (Lipinski definition) is 8. The Labute approximate surface area is 226 Å². The van der Waals surface area contributed by atoms with Crippen molar-refractivity contribution in [3.05, 3.63) is 72.3 Å². The molecule has 0 bridgehead atoms. The van der Waals surface area contributed by atoms with Crippen LogP contribution in [0.4, 0.5) is 11.4 Å². The zero-order valence-corrected chi connectivity index (χ0v) is 22.4. The van der Waals surface area contributed by atoms with Gasteiger partial charge in [-0.1, -0.05) is 0 Å². The zero-order valence-electron chi connectivity index (χ0n) is 21.6. The highest BCUT2D eigenvalue weighted by Crippen LogP contribution is 2.31. The van der Waals surface area contributed by atoms with Crippen LogP contribution in [-0.4, -0.2) is 52.8 Å². The van der Waals surface area contributed by atoms with Crippen LogP contribution in [0, 0.1) is 0 Å². The molecule has 0 radical (unpaired) electrons. The average Bonchev–Trinajstić information content (AvgIpc) is 2.94. The van der Waals surface area contributed by atoms with E-state index in [0.717, 1.165) is 4.31 Å². The van der Waals surface area contributed by atoms with Crippen molar-refractivity contribution in [3.8, 4) is 17.2 Å². The van der Waals surface area contributed by atoms with Crippen molar-refractivity contribution < 1.29 is 32.2 Å². The molecular formula is C27H28N4O7S. The van der Waals surface area contributed by atoms with Gasteiger partial charge in [0, 0.05) is 18.2 Å². The lowest BCUT2D eigenvalue weighted by atomic mass is 10.1. The molecule has 2 amide bonds. The summed E-state index contributed by atoms with van der Waals surface area (Å²) in [5, 5.41) is 6.74. The third-order valence-corrected chi connectivity index (χ3v) is 7.51. The minimum absolute atomic E-state index is 0.0591. The highest BCUT2D eigenvalue weighted by atomic mass is 32.2. The van der Waals surface area contributed by atoms with Gasteiger partial charge in [0.25, 0.3) is 15.9 Å². The van der Waals surface area contributed by atoms with Gasteiger partial charge >= 0.3 is 0 Å². The van der Waals surface area contributed by atoms with Gasteiger partial charge in [-0.3, -0.25) is 13.9 Å². The molecule has 0 fully saturated rings. The molecule has 0 aromatic heterocycles. The highest BCUT2D eigenvalue weighted by molar-refractivity contribution is 7.92. The number of hydrogen-bond donors (Lipinski definition) is 2. The van der Waals surface area contributed by atoms with E-state index in [9.17, 15) is 18.0 Å². The van der Waals surface area contributed by atoms with Gasteiger partial charge in [0.05, 0.1) is 23.4 Å². The number of anilines is 2. The Bertz CT molecular complexity index is 1490. The van der Waals surface area contributed by atoms with Gasteiger partial charge in [0.1, 0.15) is 25.5 Å². The largest absolute Gasteiger partial charge is 0.497 e. The van der Waals surface area contributed by atoms with Gasteiger partial charge in [0.15, 0.2) is 11.5 Å². The fourth-order valence-corrected chi connectivity index (χ4v) is 5.17. The second kappa shape index (κ2) is 11.9. The number of rotatable bonds is 9. The number of nitrogens with one attached hydrogen (secondary N) is 2. The summed E-state index contributed by atoms with van der Waals surface area (Å²) in [6, 6.07) is 17.3. The second-order valence-electron chi connectivity index (χ2n) is 8.51. The number of amides is 2. The molecule has 1 heterocycles. The van der Waals surface area contributed by atoms with Gasteiger partial charge in [-0.15, -0.1) is 0 Å². The Morgan fingerprint density at radius 1 is 0.949 bits per heavy atom. The number of ether oxygens (including phenoxy) is 3. The van der Waals surface area contributed by atoms with E-state index in [1.54, 1.807) is 49.4 Å². The van der Waals surface area contributed by atoms with Crippen LogP contribution in [0.1, 0.15) is 19.4 Å². The Morgan fingerprint density at radius 3 is 2.26 bits per heavy atom. The molecule has 0 atom stereocenters. The molecule has 2 N–H and O–H groups in total. The summed E-state index contributed by atoms with van der Waals surface area (Å²) in [6.45, 7) is 3.44. The Hall–Kier alpha value is -4.58. The van der Waals surface area contributed by atoms with Gasteiger partial charge in [-0.25, -0.2) is 13.8 Å². The molecule has 0 aliphatic carbocycles. The molecule has 39 heavy (non-hydrogen) atoms. The van der Waals surface area contributed by atoms with Crippen LogP contribution in [0.25, 0.3) is 0 Å². The third kappa shape index (κ3) is 6.65. The van der Waals surface area contributed by atoms with Crippen LogP contribution in [-0.2, 0) is 19.6 Å². The summed E-state index contributed by atoms with van der Waals surface area (Å²) in [5.74, 6) is 0.809. The summed E-state index contributed by atoms with van der Waals surface area (Å²) >= 11 is 0. The van der Waals surface area contributed by atoms with Crippen LogP contribution >= 0.6 is 0 Å². The van der Waals surface area contributed by atoms with Crippen LogP contribution in [0.3, 0.4) is 0 Å². The van der Waals surface area contributed by atoms with E-state index in [4.69, 9.17) is 14.2 Å². The third-order valence-electron chi connectivity index (χ3n) is 5.72. The average molecular weight is 553 g/mol. The molecule has 12 heteroatoms. The lowest BCUT2D eigenvalue weighted by Gasteiger charge is -2.24. The molecule has 4 rings (SSSR count). The molecule has 3 aromatic carbocycles. The van der Waals surface area contributed by atoms with Crippen molar-refractivity contribution >= 4 is 38.9 Å². The minimum atomic E-state index is -4.17. The quantitative estimate of drug-likeness (QED) is 0.307. The molecule has 0 unspecified atom stereocenters. The summed E-state index contributed by atoms with van der Waals surface area (Å²) in [7, 11) is -2.68. The van der Waals surface area contributed by atoms with Crippen molar-refractivity contribution in [1.82, 2.24) is 5.43 Å². The molecule has 204 valence electrons. The van der Waals surface area contributed by atoms with E-state index >= 15 is 0 Å². The first kappa shape index (κ1) is 27.5. The molecule has 1 aliphatic rings. The molecule has 11 nitrogen and oxygen atoms in total. The number of carbonyl (C=O) groups excluding carboxylic acids is 2. The van der Waals surface area contributed by atoms with Crippen LogP contribution < -0.4 is 29.3 Å². The first-order valence-electron chi connectivity index (χ1n) is 11.9. The monoisotopic (exact) mass is 552 g/mol. The second-order valence-corrected chi connectivity index (χ2v) is 10.4. The standard InChI is InChI=1S/C27H28N4O7S/c1-18(20-4-13-25-26(16-20)38-15-14-37-25)29-30-27(33)17-31(22-7-9-23(36-3)10-8-22)39(34,35)24-11-5-21(6-12-24)28-19(2)32/h4-13,16H,14-15,17H2,1-3H3,(H,28,32)(H,30,33)/b29-18-. The van der Waals surface area contributed by atoms with E-state index in [1.165, 1.54) is 38.3 Å². The van der Waals surface area contributed by atoms with E-state index in [2.05, 4.69) is 15.8 Å². The SMILES string of the molecule is COc1ccc(N(CC(=O)N/N=C(/C)c2ccc3c(c2)OCCO3)S(=O)(=O)c2ccc(NC(C)=O)cc2)cc1. The first-order chi connectivity index (χ1) is 18.7. The smallest absolute Gasteiger partial charge is 0.264 e. The fraction of sp³-hybridized carbons (Fsp3) is 0.222. The van der Waals surface area contributed by atoms with E-state index < -0.39 is 22.5 Å². The number of nitrogens with zero attached hydrogens (tertiary/aromatic N) is 2. The van der Waals surface area contributed by atoms with Gasteiger partial charge in [-0.2, -0.15) is 5.10 Å². The van der Waals surface area contributed by atoms with Gasteiger partial charge in [0.2, 0.25) is 5.91 Å². The summed E-state index contributed by atoms with van der Waals surface area (Å²) < 4.78 is 44.5. The molecule has 0 saturated heterocycles. The maximum Gasteiger partial charge on any atom is 0.264 e. The first-order valence-corrected chi connectivity index (χ1v) is 13.4. The summed E-state index contributed by atoms with van der Waals surface area (Å²) in [6.07, 6.45) is 0. The van der Waals surface area contributed by atoms with Crippen molar-refractivity contribution in [1.29, 1.82) is 0 Å². The number of sulfonamides is 1. The Morgan fingerprint density at radius 2 is 1.62 bits per heavy atom. The number of benzene rings is 3. The number of hydrazone groups is 1. The minimum Gasteiger partial charge on any atom is -0.497 e. The summed E-state index contributed by atoms with van der Waals surface area (Å²) in [4.78, 5) is 24.2. The van der Waals surface area contributed by atoms with Gasteiger partial charge < -0.3 is 19.5 Å². The lowest BCUT2D eigenvalue weighted by Crippen LogP contribution is -2.39. The Kier molecular flexibility index (Phi) is 8.35.